The van der Waals surface area contributed by atoms with Crippen molar-refractivity contribution in [1.29, 1.82) is 0 Å². The lowest BCUT2D eigenvalue weighted by Crippen LogP contribution is -2.17. The average Bonchev–Trinajstić information content (AvgIpc) is 2.36. The Hall–Kier alpha value is -2.01. The molecule has 0 saturated carbocycles. The minimum Gasteiger partial charge on any atom is -0.424 e. The Morgan fingerprint density at radius 3 is 2.58 bits per heavy atom. The van der Waals surface area contributed by atoms with Crippen LogP contribution in [-0.4, -0.2) is 16.0 Å². The van der Waals surface area contributed by atoms with Crippen molar-refractivity contribution in [1.82, 2.24) is 9.97 Å². The molecule has 1 unspecified atom stereocenters. The van der Waals surface area contributed by atoms with Gasteiger partial charge in [0.25, 0.3) is 0 Å². The second-order valence-corrected chi connectivity index (χ2v) is 4.57. The third-order valence-corrected chi connectivity index (χ3v) is 2.58. The molecule has 2 aromatic rings. The third kappa shape index (κ3) is 3.72. The molecule has 0 spiro atoms. The molecule has 19 heavy (non-hydrogen) atoms. The maximum absolute atomic E-state index is 13.1. The number of hydrogen-bond acceptors (Lipinski definition) is 4. The predicted molar refractivity (Wildman–Crippen MR) is 70.6 cm³/mol. The highest BCUT2D eigenvalue weighted by atomic mass is 19.1. The molecule has 1 aromatic carbocycles. The molecule has 1 atom stereocenters. The van der Waals surface area contributed by atoms with Gasteiger partial charge in [-0.05, 0) is 49.6 Å². The SMILES string of the molecule is Cc1cc(Oc2ncc(CC(C)N)cn2)ccc1F. The molecule has 2 rings (SSSR count). The van der Waals surface area contributed by atoms with Crippen molar-refractivity contribution in [3.05, 3.63) is 47.5 Å². The van der Waals surface area contributed by atoms with Crippen LogP contribution in [0.3, 0.4) is 0 Å². The Bertz CT molecular complexity index is 555. The highest BCUT2D eigenvalue weighted by Crippen LogP contribution is 2.20. The Kier molecular flexibility index (Phi) is 4.06. The smallest absolute Gasteiger partial charge is 0.321 e. The third-order valence-electron chi connectivity index (χ3n) is 2.58. The molecule has 100 valence electrons. The van der Waals surface area contributed by atoms with E-state index in [4.69, 9.17) is 10.5 Å². The number of benzene rings is 1. The Morgan fingerprint density at radius 2 is 2.00 bits per heavy atom. The molecule has 0 fully saturated rings. The molecule has 0 aliphatic heterocycles. The molecule has 0 amide bonds. The average molecular weight is 261 g/mol. The summed E-state index contributed by atoms with van der Waals surface area (Å²) >= 11 is 0. The minimum absolute atomic E-state index is 0.0649. The molecule has 5 heteroatoms. The van der Waals surface area contributed by atoms with Gasteiger partial charge in [0.05, 0.1) is 0 Å². The molecule has 4 nitrogen and oxygen atoms in total. The monoisotopic (exact) mass is 261 g/mol. The fourth-order valence-corrected chi connectivity index (χ4v) is 1.66. The molecule has 0 aliphatic rings. The van der Waals surface area contributed by atoms with Crippen molar-refractivity contribution in [3.8, 4) is 11.8 Å². The van der Waals surface area contributed by atoms with Crippen LogP contribution in [-0.2, 0) is 6.42 Å². The lowest BCUT2D eigenvalue weighted by molar-refractivity contribution is 0.439. The van der Waals surface area contributed by atoms with Crippen LogP contribution >= 0.6 is 0 Å². The number of aryl methyl sites for hydroxylation is 1. The number of nitrogens with two attached hydrogens (primary N) is 1. The molecular weight excluding hydrogens is 245 g/mol. The summed E-state index contributed by atoms with van der Waals surface area (Å²) in [7, 11) is 0. The first-order valence-corrected chi connectivity index (χ1v) is 6.05. The van der Waals surface area contributed by atoms with Gasteiger partial charge in [0, 0.05) is 18.4 Å². The summed E-state index contributed by atoms with van der Waals surface area (Å²) in [4.78, 5) is 8.19. The van der Waals surface area contributed by atoms with E-state index >= 15 is 0 Å². The van der Waals surface area contributed by atoms with E-state index in [1.54, 1.807) is 31.5 Å². The van der Waals surface area contributed by atoms with Crippen molar-refractivity contribution in [2.45, 2.75) is 26.3 Å². The van der Waals surface area contributed by atoms with Gasteiger partial charge in [0.15, 0.2) is 0 Å². The van der Waals surface area contributed by atoms with E-state index < -0.39 is 0 Å². The van der Waals surface area contributed by atoms with Gasteiger partial charge in [-0.1, -0.05) is 0 Å². The van der Waals surface area contributed by atoms with E-state index in [1.165, 1.54) is 6.07 Å². The minimum atomic E-state index is -0.263. The van der Waals surface area contributed by atoms with Gasteiger partial charge in [-0.25, -0.2) is 14.4 Å². The largest absolute Gasteiger partial charge is 0.424 e. The van der Waals surface area contributed by atoms with Gasteiger partial charge in [-0.3, -0.25) is 0 Å². The summed E-state index contributed by atoms with van der Waals surface area (Å²) in [5, 5.41) is 0. The first-order chi connectivity index (χ1) is 9.04. The molecule has 0 aliphatic carbocycles. The molecule has 1 heterocycles. The first-order valence-electron chi connectivity index (χ1n) is 6.05. The maximum atomic E-state index is 13.1. The molecule has 2 N–H and O–H groups in total. The molecule has 0 saturated heterocycles. The fraction of sp³-hybridized carbons (Fsp3) is 0.286. The van der Waals surface area contributed by atoms with E-state index in [0.717, 1.165) is 12.0 Å². The molecular formula is C14H16FN3O. The summed E-state index contributed by atoms with van der Waals surface area (Å²) in [5.41, 5.74) is 7.17. The van der Waals surface area contributed by atoms with Gasteiger partial charge in [-0.15, -0.1) is 0 Å². The number of nitrogens with zero attached hydrogens (tertiary/aromatic N) is 2. The predicted octanol–water partition coefficient (Wildman–Crippen LogP) is 2.61. The van der Waals surface area contributed by atoms with Crippen molar-refractivity contribution in [3.63, 3.8) is 0 Å². The highest BCUT2D eigenvalue weighted by molar-refractivity contribution is 5.30. The summed E-state index contributed by atoms with van der Waals surface area (Å²) in [6.07, 6.45) is 4.08. The van der Waals surface area contributed by atoms with Crippen LogP contribution in [0.2, 0.25) is 0 Å². The van der Waals surface area contributed by atoms with E-state index in [9.17, 15) is 4.39 Å². The van der Waals surface area contributed by atoms with Crippen LogP contribution in [0.25, 0.3) is 0 Å². The van der Waals surface area contributed by atoms with Crippen molar-refractivity contribution >= 4 is 0 Å². The van der Waals surface area contributed by atoms with Gasteiger partial charge >= 0.3 is 6.01 Å². The maximum Gasteiger partial charge on any atom is 0.321 e. The van der Waals surface area contributed by atoms with Crippen molar-refractivity contribution in [2.75, 3.05) is 0 Å². The van der Waals surface area contributed by atoms with Crippen LogP contribution < -0.4 is 10.5 Å². The number of aromatic nitrogens is 2. The zero-order valence-electron chi connectivity index (χ0n) is 10.9. The number of rotatable bonds is 4. The number of halogens is 1. The molecule has 0 radical (unpaired) electrons. The Labute approximate surface area is 111 Å². The van der Waals surface area contributed by atoms with E-state index in [2.05, 4.69) is 9.97 Å². The van der Waals surface area contributed by atoms with Crippen LogP contribution in [0.4, 0.5) is 4.39 Å². The number of hydrogen-bond donors (Lipinski definition) is 1. The van der Waals surface area contributed by atoms with Crippen LogP contribution in [0.1, 0.15) is 18.1 Å². The van der Waals surface area contributed by atoms with Crippen LogP contribution in [0.5, 0.6) is 11.8 Å². The number of ether oxygens (including phenoxy) is 1. The normalized spacial score (nSPS) is 12.2. The standard InChI is InChI=1S/C14H16FN3O/c1-9-5-12(3-4-13(9)15)19-14-17-7-11(8-18-14)6-10(2)16/h3-5,7-8,10H,6,16H2,1-2H3. The van der Waals surface area contributed by atoms with Gasteiger partial charge in [0.2, 0.25) is 0 Å². The fourth-order valence-electron chi connectivity index (χ4n) is 1.66. The highest BCUT2D eigenvalue weighted by Gasteiger charge is 2.04. The van der Waals surface area contributed by atoms with E-state index in [0.29, 0.717) is 11.3 Å². The summed E-state index contributed by atoms with van der Waals surface area (Å²) in [6, 6.07) is 4.81. The van der Waals surface area contributed by atoms with Crippen LogP contribution in [0, 0.1) is 12.7 Å². The van der Waals surface area contributed by atoms with Gasteiger partial charge < -0.3 is 10.5 Å². The summed E-state index contributed by atoms with van der Waals surface area (Å²) in [5.74, 6) is 0.249. The second-order valence-electron chi connectivity index (χ2n) is 4.57. The topological polar surface area (TPSA) is 61.0 Å². The second kappa shape index (κ2) is 5.75. The molecule has 1 aromatic heterocycles. The summed E-state index contributed by atoms with van der Waals surface area (Å²) < 4.78 is 18.6. The zero-order valence-corrected chi connectivity index (χ0v) is 10.9. The van der Waals surface area contributed by atoms with E-state index in [-0.39, 0.29) is 17.9 Å². The van der Waals surface area contributed by atoms with Crippen LogP contribution in [0.15, 0.2) is 30.6 Å². The Balaban J connectivity index is 2.08. The van der Waals surface area contributed by atoms with E-state index in [1.807, 2.05) is 6.92 Å². The van der Waals surface area contributed by atoms with Gasteiger partial charge in [-0.2, -0.15) is 0 Å². The lowest BCUT2D eigenvalue weighted by Gasteiger charge is -2.07. The molecule has 0 bridgehead atoms. The zero-order chi connectivity index (χ0) is 13.8. The first kappa shape index (κ1) is 13.4. The lowest BCUT2D eigenvalue weighted by atomic mass is 10.1. The van der Waals surface area contributed by atoms with Gasteiger partial charge in [0.1, 0.15) is 11.6 Å². The Morgan fingerprint density at radius 1 is 1.32 bits per heavy atom. The van der Waals surface area contributed by atoms with Crippen molar-refractivity contribution in [2.24, 2.45) is 5.73 Å². The quantitative estimate of drug-likeness (QED) is 0.919. The van der Waals surface area contributed by atoms with Crippen molar-refractivity contribution < 1.29 is 9.13 Å². The summed E-state index contributed by atoms with van der Waals surface area (Å²) in [6.45, 7) is 3.60.